The van der Waals surface area contributed by atoms with E-state index in [0.717, 1.165) is 13.1 Å². The van der Waals surface area contributed by atoms with Crippen molar-refractivity contribution in [3.63, 3.8) is 0 Å². The van der Waals surface area contributed by atoms with E-state index in [4.69, 9.17) is 5.21 Å². The van der Waals surface area contributed by atoms with Crippen LogP contribution in [0, 0.1) is 0 Å². The van der Waals surface area contributed by atoms with Gasteiger partial charge in [-0.1, -0.05) is 5.16 Å². The zero-order valence-corrected chi connectivity index (χ0v) is 7.26. The lowest BCUT2D eigenvalue weighted by molar-refractivity contribution is 0.273. The summed E-state index contributed by atoms with van der Waals surface area (Å²) in [6.45, 7) is 5.82. The molecule has 0 atom stereocenters. The van der Waals surface area contributed by atoms with E-state index in [1.807, 2.05) is 25.8 Å². The number of oxime groups is 1. The van der Waals surface area contributed by atoms with Crippen LogP contribution in [0.1, 0.15) is 13.8 Å². The Kier molecular flexibility index (Phi) is 2.04. The standard InChI is InChI=1S/C7H15N3O/c1-7(2)6(9-11)10(3)5-4-8-7/h8,11H,4-5H2,1-3H3/b9-6-. The molecule has 0 aromatic carbocycles. The molecule has 1 aliphatic heterocycles. The van der Waals surface area contributed by atoms with Crippen LogP contribution in [0.3, 0.4) is 0 Å². The molecule has 11 heavy (non-hydrogen) atoms. The first-order valence-corrected chi connectivity index (χ1v) is 3.76. The van der Waals surface area contributed by atoms with Crippen molar-refractivity contribution in [1.29, 1.82) is 0 Å². The molecule has 0 spiro atoms. The smallest absolute Gasteiger partial charge is 0.163 e. The number of amidine groups is 1. The van der Waals surface area contributed by atoms with Gasteiger partial charge in [0.25, 0.3) is 0 Å². The van der Waals surface area contributed by atoms with Crippen molar-refractivity contribution in [3.05, 3.63) is 0 Å². The second kappa shape index (κ2) is 2.70. The fraction of sp³-hybridized carbons (Fsp3) is 0.857. The summed E-state index contributed by atoms with van der Waals surface area (Å²) >= 11 is 0. The zero-order valence-electron chi connectivity index (χ0n) is 7.26. The molecular weight excluding hydrogens is 142 g/mol. The summed E-state index contributed by atoms with van der Waals surface area (Å²) in [6, 6.07) is 0. The molecule has 1 rings (SSSR count). The predicted molar refractivity (Wildman–Crippen MR) is 43.9 cm³/mol. The Bertz CT molecular complexity index is 177. The van der Waals surface area contributed by atoms with E-state index in [2.05, 4.69) is 10.5 Å². The molecular formula is C7H15N3O. The molecule has 0 unspecified atom stereocenters. The summed E-state index contributed by atoms with van der Waals surface area (Å²) in [5.74, 6) is 0.698. The van der Waals surface area contributed by atoms with Crippen LogP contribution < -0.4 is 5.32 Å². The molecule has 1 aliphatic rings. The maximum Gasteiger partial charge on any atom is 0.163 e. The van der Waals surface area contributed by atoms with Crippen LogP contribution >= 0.6 is 0 Å². The second-order valence-electron chi connectivity index (χ2n) is 3.40. The SMILES string of the molecule is CN1CCNC(C)(C)/C1=N/O. The van der Waals surface area contributed by atoms with Crippen molar-refractivity contribution in [1.82, 2.24) is 10.2 Å². The number of hydrogen-bond donors (Lipinski definition) is 2. The first-order chi connectivity index (χ1) is 5.08. The zero-order chi connectivity index (χ0) is 8.48. The van der Waals surface area contributed by atoms with E-state index in [-0.39, 0.29) is 5.54 Å². The van der Waals surface area contributed by atoms with Crippen molar-refractivity contribution in [2.75, 3.05) is 20.1 Å². The minimum absolute atomic E-state index is 0.207. The largest absolute Gasteiger partial charge is 0.409 e. The third kappa shape index (κ3) is 1.45. The van der Waals surface area contributed by atoms with Gasteiger partial charge in [-0.2, -0.15) is 0 Å². The molecule has 4 nitrogen and oxygen atoms in total. The van der Waals surface area contributed by atoms with Crippen LogP contribution in [0.2, 0.25) is 0 Å². The van der Waals surface area contributed by atoms with E-state index in [1.165, 1.54) is 0 Å². The number of likely N-dealkylation sites (N-methyl/N-ethyl adjacent to an activating group) is 1. The summed E-state index contributed by atoms with van der Waals surface area (Å²) in [6.07, 6.45) is 0. The van der Waals surface area contributed by atoms with Crippen molar-refractivity contribution < 1.29 is 5.21 Å². The molecule has 4 heteroatoms. The maximum atomic E-state index is 8.70. The van der Waals surface area contributed by atoms with Crippen LogP contribution in [0.25, 0.3) is 0 Å². The van der Waals surface area contributed by atoms with Gasteiger partial charge in [-0.25, -0.2) is 0 Å². The molecule has 0 aromatic rings. The Morgan fingerprint density at radius 1 is 1.64 bits per heavy atom. The van der Waals surface area contributed by atoms with Crippen molar-refractivity contribution >= 4 is 5.84 Å². The molecule has 2 N–H and O–H groups in total. The Morgan fingerprint density at radius 2 is 2.27 bits per heavy atom. The first kappa shape index (κ1) is 8.33. The fourth-order valence-corrected chi connectivity index (χ4v) is 1.40. The van der Waals surface area contributed by atoms with Gasteiger partial charge in [0, 0.05) is 20.1 Å². The highest BCUT2D eigenvalue weighted by molar-refractivity contribution is 5.90. The lowest BCUT2D eigenvalue weighted by Crippen LogP contribution is -2.60. The van der Waals surface area contributed by atoms with Crippen LogP contribution in [0.15, 0.2) is 5.16 Å². The fourth-order valence-electron chi connectivity index (χ4n) is 1.40. The summed E-state index contributed by atoms with van der Waals surface area (Å²) in [7, 11) is 1.93. The van der Waals surface area contributed by atoms with Gasteiger partial charge in [-0.05, 0) is 13.8 Å². The van der Waals surface area contributed by atoms with Gasteiger partial charge in [0.15, 0.2) is 5.84 Å². The average Bonchev–Trinajstić information content (AvgIpc) is 1.86. The van der Waals surface area contributed by atoms with E-state index >= 15 is 0 Å². The van der Waals surface area contributed by atoms with E-state index in [1.54, 1.807) is 0 Å². The summed E-state index contributed by atoms with van der Waals surface area (Å²) < 4.78 is 0. The third-order valence-corrected chi connectivity index (χ3v) is 2.03. The molecule has 0 aromatic heterocycles. The summed E-state index contributed by atoms with van der Waals surface area (Å²) in [5, 5.41) is 15.2. The number of nitrogens with zero attached hydrogens (tertiary/aromatic N) is 2. The third-order valence-electron chi connectivity index (χ3n) is 2.03. The molecule has 0 saturated carbocycles. The molecule has 0 aliphatic carbocycles. The highest BCUT2D eigenvalue weighted by Gasteiger charge is 2.31. The summed E-state index contributed by atoms with van der Waals surface area (Å²) in [4.78, 5) is 1.95. The molecule has 0 amide bonds. The molecule has 1 saturated heterocycles. The Balaban J connectivity index is 2.82. The highest BCUT2D eigenvalue weighted by Crippen LogP contribution is 2.11. The van der Waals surface area contributed by atoms with Gasteiger partial charge in [0.05, 0.1) is 5.54 Å². The topological polar surface area (TPSA) is 47.9 Å². The van der Waals surface area contributed by atoms with Gasteiger partial charge in [0.1, 0.15) is 0 Å². The minimum Gasteiger partial charge on any atom is -0.409 e. The first-order valence-electron chi connectivity index (χ1n) is 3.76. The van der Waals surface area contributed by atoms with Crippen molar-refractivity contribution in [2.24, 2.45) is 5.16 Å². The van der Waals surface area contributed by atoms with E-state index in [0.29, 0.717) is 5.84 Å². The van der Waals surface area contributed by atoms with Crippen molar-refractivity contribution in [3.8, 4) is 0 Å². The monoisotopic (exact) mass is 157 g/mol. The summed E-state index contributed by atoms with van der Waals surface area (Å²) in [5.41, 5.74) is -0.207. The second-order valence-corrected chi connectivity index (χ2v) is 3.40. The minimum atomic E-state index is -0.207. The number of nitrogens with one attached hydrogen (secondary N) is 1. The quantitative estimate of drug-likeness (QED) is 0.387. The Morgan fingerprint density at radius 3 is 2.64 bits per heavy atom. The number of hydrogen-bond acceptors (Lipinski definition) is 3. The predicted octanol–water partition coefficient (Wildman–Crippen LogP) is 0.0877. The van der Waals surface area contributed by atoms with Crippen LogP contribution in [-0.4, -0.2) is 41.6 Å². The van der Waals surface area contributed by atoms with Gasteiger partial charge in [0.2, 0.25) is 0 Å². The average molecular weight is 157 g/mol. The van der Waals surface area contributed by atoms with Gasteiger partial charge >= 0.3 is 0 Å². The Hall–Kier alpha value is -0.770. The van der Waals surface area contributed by atoms with Gasteiger partial charge in [-0.3, -0.25) is 0 Å². The molecule has 0 bridgehead atoms. The maximum absolute atomic E-state index is 8.70. The van der Waals surface area contributed by atoms with Gasteiger partial charge < -0.3 is 15.4 Å². The Labute approximate surface area is 66.9 Å². The highest BCUT2D eigenvalue weighted by atomic mass is 16.4. The van der Waals surface area contributed by atoms with Crippen LogP contribution in [0.5, 0.6) is 0 Å². The van der Waals surface area contributed by atoms with Crippen LogP contribution in [0.4, 0.5) is 0 Å². The number of piperazine rings is 1. The van der Waals surface area contributed by atoms with E-state index in [9.17, 15) is 0 Å². The lowest BCUT2D eigenvalue weighted by Gasteiger charge is -2.38. The molecule has 0 radical (unpaired) electrons. The van der Waals surface area contributed by atoms with E-state index < -0.39 is 0 Å². The lowest BCUT2D eigenvalue weighted by atomic mass is 10.0. The van der Waals surface area contributed by atoms with Crippen molar-refractivity contribution in [2.45, 2.75) is 19.4 Å². The number of rotatable bonds is 0. The molecule has 1 heterocycles. The van der Waals surface area contributed by atoms with Gasteiger partial charge in [-0.15, -0.1) is 0 Å². The molecule has 1 fully saturated rings. The molecule has 64 valence electrons. The normalized spacial score (nSPS) is 27.5. The van der Waals surface area contributed by atoms with Crippen LogP contribution in [-0.2, 0) is 0 Å².